The van der Waals surface area contributed by atoms with Crippen LogP contribution in [0.15, 0.2) is 54.7 Å². The third-order valence-electron chi connectivity index (χ3n) is 5.72. The van der Waals surface area contributed by atoms with Crippen LogP contribution in [0.2, 0.25) is 0 Å². The lowest BCUT2D eigenvalue weighted by Gasteiger charge is -2.31. The minimum Gasteiger partial charge on any atom is -0.496 e. The molecule has 3 heterocycles. The molecule has 0 fully saturated rings. The zero-order chi connectivity index (χ0) is 18.0. The van der Waals surface area contributed by atoms with Crippen molar-refractivity contribution in [1.29, 1.82) is 0 Å². The largest absolute Gasteiger partial charge is 0.538 e. The van der Waals surface area contributed by atoms with Gasteiger partial charge in [0.05, 0.1) is 20.4 Å². The molecule has 0 amide bonds. The third kappa shape index (κ3) is 1.78. The van der Waals surface area contributed by atoms with Crippen LogP contribution >= 0.6 is 0 Å². The molecule has 2 aliphatic heterocycles. The Bertz CT molecular complexity index is 1050. The SMILES string of the molecule is COc1ccc2c(c1C)N1B(c3ccccc3-2)N(C)c2ccc[n+](C)c21. The summed E-state index contributed by atoms with van der Waals surface area (Å²) in [5.74, 6) is 2.14. The summed E-state index contributed by atoms with van der Waals surface area (Å²) in [6, 6.07) is 17.3. The van der Waals surface area contributed by atoms with Gasteiger partial charge in [-0.2, -0.15) is 0 Å². The highest BCUT2D eigenvalue weighted by Crippen LogP contribution is 2.49. The van der Waals surface area contributed by atoms with Crippen LogP contribution in [0, 0.1) is 6.92 Å². The Morgan fingerprint density at radius 1 is 1.00 bits per heavy atom. The smallest absolute Gasteiger partial charge is 0.496 e. The molecule has 0 bridgehead atoms. The van der Waals surface area contributed by atoms with Crippen molar-refractivity contribution < 1.29 is 9.30 Å². The van der Waals surface area contributed by atoms with E-state index in [0.717, 1.165) is 5.75 Å². The summed E-state index contributed by atoms with van der Waals surface area (Å²) >= 11 is 0. The maximum Gasteiger partial charge on any atom is 0.538 e. The second-order valence-corrected chi connectivity index (χ2v) is 7.06. The van der Waals surface area contributed by atoms with E-state index in [0.29, 0.717) is 0 Å². The van der Waals surface area contributed by atoms with Crippen LogP contribution in [-0.4, -0.2) is 21.1 Å². The van der Waals surface area contributed by atoms with Crippen LogP contribution in [0.4, 0.5) is 17.2 Å². The molecule has 0 aliphatic carbocycles. The number of hydrogen-bond donors (Lipinski definition) is 0. The van der Waals surface area contributed by atoms with E-state index < -0.39 is 0 Å². The first-order valence-electron chi connectivity index (χ1n) is 8.91. The van der Waals surface area contributed by atoms with Gasteiger partial charge in [0, 0.05) is 16.6 Å². The maximum absolute atomic E-state index is 5.65. The number of benzene rings is 2. The second-order valence-electron chi connectivity index (χ2n) is 7.06. The molecule has 5 rings (SSSR count). The summed E-state index contributed by atoms with van der Waals surface area (Å²) in [5, 5.41) is 0. The van der Waals surface area contributed by atoms with E-state index in [4.69, 9.17) is 4.74 Å². The molecule has 5 heteroatoms. The van der Waals surface area contributed by atoms with E-state index in [1.807, 2.05) is 0 Å². The van der Waals surface area contributed by atoms with E-state index in [9.17, 15) is 0 Å². The number of methoxy groups -OCH3 is 1. The number of nitrogens with zero attached hydrogens (tertiary/aromatic N) is 3. The molecule has 26 heavy (non-hydrogen) atoms. The molecule has 0 unspecified atom stereocenters. The molecule has 0 spiro atoms. The summed E-state index contributed by atoms with van der Waals surface area (Å²) in [5.41, 5.74) is 7.56. The third-order valence-corrected chi connectivity index (χ3v) is 5.72. The summed E-state index contributed by atoms with van der Waals surface area (Å²) in [7, 11) is 6.04. The van der Waals surface area contributed by atoms with Gasteiger partial charge in [0.1, 0.15) is 17.1 Å². The summed E-state index contributed by atoms with van der Waals surface area (Å²) in [4.78, 5) is 4.83. The van der Waals surface area contributed by atoms with E-state index in [1.165, 1.54) is 39.3 Å². The topological polar surface area (TPSA) is 19.6 Å². The predicted molar refractivity (Wildman–Crippen MR) is 107 cm³/mol. The molecule has 3 aromatic rings. The van der Waals surface area contributed by atoms with Gasteiger partial charge >= 0.3 is 6.98 Å². The lowest BCUT2D eigenvalue weighted by atomic mass is 9.59. The lowest BCUT2D eigenvalue weighted by Crippen LogP contribution is -2.57. The zero-order valence-electron chi connectivity index (χ0n) is 15.5. The van der Waals surface area contributed by atoms with Crippen molar-refractivity contribution in [2.45, 2.75) is 6.92 Å². The van der Waals surface area contributed by atoms with E-state index >= 15 is 0 Å². The number of hydrogen-bond acceptors (Lipinski definition) is 3. The fourth-order valence-electron chi connectivity index (χ4n) is 4.55. The Hall–Kier alpha value is -2.95. The molecule has 1 aromatic heterocycles. The highest BCUT2D eigenvalue weighted by atomic mass is 16.5. The van der Waals surface area contributed by atoms with Crippen molar-refractivity contribution in [2.75, 3.05) is 23.8 Å². The van der Waals surface area contributed by atoms with Crippen molar-refractivity contribution in [3.05, 3.63) is 60.3 Å². The molecule has 0 atom stereocenters. The number of ether oxygens (including phenoxy) is 1. The van der Waals surface area contributed by atoms with Crippen LogP contribution in [0.3, 0.4) is 0 Å². The van der Waals surface area contributed by atoms with Crippen molar-refractivity contribution >= 4 is 29.6 Å². The molecular weight excluding hydrogens is 321 g/mol. The Labute approximate surface area is 154 Å². The van der Waals surface area contributed by atoms with Gasteiger partial charge in [-0.05, 0) is 43.8 Å². The summed E-state index contributed by atoms with van der Waals surface area (Å²) in [6.07, 6.45) is 2.12. The average molecular weight is 342 g/mol. The molecule has 0 radical (unpaired) electrons. The van der Waals surface area contributed by atoms with E-state index in [-0.39, 0.29) is 6.98 Å². The predicted octanol–water partition coefficient (Wildman–Crippen LogP) is 2.79. The molecule has 2 aliphatic rings. The summed E-state index contributed by atoms with van der Waals surface area (Å²) < 4.78 is 7.86. The molecule has 0 saturated heterocycles. The quantitative estimate of drug-likeness (QED) is 0.501. The van der Waals surface area contributed by atoms with E-state index in [1.54, 1.807) is 7.11 Å². The van der Waals surface area contributed by atoms with Crippen molar-refractivity contribution in [3.8, 4) is 16.9 Å². The van der Waals surface area contributed by atoms with Crippen molar-refractivity contribution in [1.82, 2.24) is 0 Å². The lowest BCUT2D eigenvalue weighted by molar-refractivity contribution is -0.657. The highest BCUT2D eigenvalue weighted by molar-refractivity contribution is 6.85. The first-order valence-corrected chi connectivity index (χ1v) is 8.91. The second kappa shape index (κ2) is 5.27. The van der Waals surface area contributed by atoms with Crippen LogP contribution in [0.5, 0.6) is 5.75 Å². The number of rotatable bonds is 1. The van der Waals surface area contributed by atoms with Gasteiger partial charge in [-0.25, -0.2) is 4.57 Å². The molecule has 128 valence electrons. The number of aryl methyl sites for hydroxylation is 1. The van der Waals surface area contributed by atoms with Crippen LogP contribution in [-0.2, 0) is 7.05 Å². The number of fused-ring (bicyclic) bond motifs is 8. The Balaban J connectivity index is 1.91. The number of aromatic nitrogens is 1. The first kappa shape index (κ1) is 15.3. The average Bonchev–Trinajstić information content (AvgIpc) is 2.96. The first-order chi connectivity index (χ1) is 12.6. The van der Waals surface area contributed by atoms with Gasteiger partial charge in [0.25, 0.3) is 5.82 Å². The molecule has 0 N–H and O–H groups in total. The molecule has 2 aromatic carbocycles. The van der Waals surface area contributed by atoms with Gasteiger partial charge in [-0.1, -0.05) is 24.3 Å². The Morgan fingerprint density at radius 2 is 1.81 bits per heavy atom. The van der Waals surface area contributed by atoms with E-state index in [2.05, 4.69) is 89.9 Å². The van der Waals surface area contributed by atoms with Crippen LogP contribution < -0.4 is 24.4 Å². The van der Waals surface area contributed by atoms with Gasteiger partial charge in [-0.15, -0.1) is 0 Å². The monoisotopic (exact) mass is 342 g/mol. The maximum atomic E-state index is 5.65. The standard InChI is InChI=1S/C21H21BN3O/c1-14-19(26-4)12-11-16-15-8-5-6-9-17(15)22-24(3)18-10-7-13-23(2)21(18)25(22)20(14)16/h5-13H,1-4H3/q+1. The molecular formula is C21H21BN3O+. The Kier molecular flexibility index (Phi) is 3.11. The van der Waals surface area contributed by atoms with Gasteiger partial charge in [-0.3, -0.25) is 4.81 Å². The van der Waals surface area contributed by atoms with Crippen molar-refractivity contribution in [3.63, 3.8) is 0 Å². The number of anilines is 3. The fraction of sp³-hybridized carbons (Fsp3) is 0.190. The summed E-state index contributed by atoms with van der Waals surface area (Å²) in [6.45, 7) is 2.30. The molecule has 4 nitrogen and oxygen atoms in total. The number of pyridine rings is 1. The molecule has 0 saturated carbocycles. The fourth-order valence-corrected chi connectivity index (χ4v) is 4.55. The highest BCUT2D eigenvalue weighted by Gasteiger charge is 2.54. The zero-order valence-corrected chi connectivity index (χ0v) is 15.5. The van der Waals surface area contributed by atoms with Gasteiger partial charge < -0.3 is 9.55 Å². The van der Waals surface area contributed by atoms with Crippen molar-refractivity contribution in [2.24, 2.45) is 7.05 Å². The van der Waals surface area contributed by atoms with Gasteiger partial charge in [0.2, 0.25) is 0 Å². The van der Waals surface area contributed by atoms with Crippen LogP contribution in [0.1, 0.15) is 5.56 Å². The van der Waals surface area contributed by atoms with Crippen LogP contribution in [0.25, 0.3) is 11.1 Å². The minimum atomic E-state index is 0.146. The minimum absolute atomic E-state index is 0.146. The normalized spacial score (nSPS) is 13.9. The Morgan fingerprint density at radius 3 is 2.62 bits per heavy atom. The van der Waals surface area contributed by atoms with Gasteiger partial charge in [0.15, 0.2) is 0 Å².